The lowest BCUT2D eigenvalue weighted by Gasteiger charge is -2.13. The number of carbonyl (C=O) groups is 3. The molecule has 0 aliphatic rings. The summed E-state index contributed by atoms with van der Waals surface area (Å²) in [5.74, 6) is -0.302. The maximum absolute atomic E-state index is 12.5. The van der Waals surface area contributed by atoms with Crippen molar-refractivity contribution < 1.29 is 14.4 Å². The van der Waals surface area contributed by atoms with Crippen LogP contribution in [0.15, 0.2) is 53.4 Å². The van der Waals surface area contributed by atoms with E-state index < -0.39 is 0 Å². The Morgan fingerprint density at radius 2 is 1.57 bits per heavy atom. The molecular formula is C20H24N4O3S. The topological polar surface area (TPSA) is 90.5 Å². The molecule has 8 heteroatoms. The number of nitrogens with zero attached hydrogens (tertiary/aromatic N) is 1. The molecule has 0 aliphatic carbocycles. The van der Waals surface area contributed by atoms with Crippen molar-refractivity contribution in [1.82, 2.24) is 10.2 Å². The summed E-state index contributed by atoms with van der Waals surface area (Å²) in [6.07, 6.45) is 0. The Bertz CT molecular complexity index is 851. The Morgan fingerprint density at radius 1 is 0.929 bits per heavy atom. The summed E-state index contributed by atoms with van der Waals surface area (Å²) < 4.78 is 0. The normalized spacial score (nSPS) is 10.3. The Kier molecular flexibility index (Phi) is 7.45. The third-order valence-electron chi connectivity index (χ3n) is 3.52. The van der Waals surface area contributed by atoms with Crippen molar-refractivity contribution >= 4 is 40.3 Å². The first-order valence-electron chi connectivity index (χ1n) is 8.73. The SMILES string of the molecule is CC(C)NC(=O)Nc1ccc(C(=O)Nc2ccccc2SC(=O)N(C)C)cc1. The second-order valence-corrected chi connectivity index (χ2v) is 7.54. The third-order valence-corrected chi connectivity index (χ3v) is 4.64. The molecule has 0 spiro atoms. The van der Waals surface area contributed by atoms with Crippen LogP contribution in [-0.2, 0) is 0 Å². The van der Waals surface area contributed by atoms with E-state index in [0.717, 1.165) is 11.8 Å². The summed E-state index contributed by atoms with van der Waals surface area (Å²) in [6, 6.07) is 13.4. The minimum Gasteiger partial charge on any atom is -0.339 e. The maximum Gasteiger partial charge on any atom is 0.319 e. The molecule has 2 aromatic carbocycles. The molecule has 0 saturated heterocycles. The number of amides is 4. The van der Waals surface area contributed by atoms with Gasteiger partial charge in [-0.3, -0.25) is 9.59 Å². The standard InChI is InChI=1S/C20H24N4O3S/c1-13(2)21-19(26)22-15-11-9-14(10-12-15)18(25)23-16-7-5-6-8-17(16)28-20(27)24(3)4/h5-13H,1-4H3,(H,23,25)(H2,21,22,26). The molecule has 2 aromatic rings. The van der Waals surface area contributed by atoms with Crippen molar-refractivity contribution in [3.8, 4) is 0 Å². The molecule has 0 heterocycles. The van der Waals surface area contributed by atoms with Gasteiger partial charge in [0.15, 0.2) is 0 Å². The van der Waals surface area contributed by atoms with Crippen LogP contribution in [0.3, 0.4) is 0 Å². The van der Waals surface area contributed by atoms with Gasteiger partial charge in [-0.15, -0.1) is 0 Å². The van der Waals surface area contributed by atoms with Gasteiger partial charge in [0.1, 0.15) is 0 Å². The first-order valence-corrected chi connectivity index (χ1v) is 9.55. The first-order chi connectivity index (χ1) is 13.3. The highest BCUT2D eigenvalue weighted by molar-refractivity contribution is 8.13. The molecule has 28 heavy (non-hydrogen) atoms. The second kappa shape index (κ2) is 9.80. The van der Waals surface area contributed by atoms with Crippen LogP contribution in [0.5, 0.6) is 0 Å². The Labute approximate surface area is 168 Å². The van der Waals surface area contributed by atoms with Crippen LogP contribution in [0, 0.1) is 0 Å². The molecule has 0 radical (unpaired) electrons. The van der Waals surface area contributed by atoms with Crippen LogP contribution in [0.25, 0.3) is 0 Å². The van der Waals surface area contributed by atoms with Gasteiger partial charge in [-0.2, -0.15) is 0 Å². The van der Waals surface area contributed by atoms with Crippen LogP contribution in [-0.4, -0.2) is 42.2 Å². The highest BCUT2D eigenvalue weighted by Crippen LogP contribution is 2.29. The van der Waals surface area contributed by atoms with E-state index in [1.165, 1.54) is 4.90 Å². The molecule has 0 bridgehead atoms. The molecule has 3 N–H and O–H groups in total. The lowest BCUT2D eigenvalue weighted by Crippen LogP contribution is -2.34. The minimum absolute atomic E-state index is 0.0300. The van der Waals surface area contributed by atoms with E-state index in [1.807, 2.05) is 19.9 Å². The Morgan fingerprint density at radius 3 is 2.18 bits per heavy atom. The number of hydrogen-bond acceptors (Lipinski definition) is 4. The predicted molar refractivity (Wildman–Crippen MR) is 113 cm³/mol. The Balaban J connectivity index is 2.05. The molecule has 7 nitrogen and oxygen atoms in total. The number of urea groups is 1. The zero-order valence-corrected chi connectivity index (χ0v) is 17.1. The minimum atomic E-state index is -0.302. The summed E-state index contributed by atoms with van der Waals surface area (Å²) in [5, 5.41) is 8.13. The highest BCUT2D eigenvalue weighted by Gasteiger charge is 2.13. The molecule has 148 valence electrons. The summed E-state index contributed by atoms with van der Waals surface area (Å²) in [7, 11) is 3.35. The number of carbonyl (C=O) groups excluding carboxylic acids is 3. The number of rotatable bonds is 5. The quantitative estimate of drug-likeness (QED) is 0.655. The van der Waals surface area contributed by atoms with Crippen molar-refractivity contribution in [2.24, 2.45) is 0 Å². The van der Waals surface area contributed by atoms with E-state index in [9.17, 15) is 14.4 Å². The molecular weight excluding hydrogens is 376 g/mol. The lowest BCUT2D eigenvalue weighted by atomic mass is 10.2. The highest BCUT2D eigenvalue weighted by atomic mass is 32.2. The van der Waals surface area contributed by atoms with Crippen LogP contribution in [0.4, 0.5) is 21.0 Å². The summed E-state index contributed by atoms with van der Waals surface area (Å²) in [6.45, 7) is 3.74. The average molecular weight is 401 g/mol. The van der Waals surface area contributed by atoms with Crippen molar-refractivity contribution in [1.29, 1.82) is 0 Å². The van der Waals surface area contributed by atoms with Gasteiger partial charge in [0.05, 0.1) is 5.69 Å². The van der Waals surface area contributed by atoms with E-state index in [-0.39, 0.29) is 23.2 Å². The largest absolute Gasteiger partial charge is 0.339 e. The lowest BCUT2D eigenvalue weighted by molar-refractivity contribution is 0.102. The van der Waals surface area contributed by atoms with Gasteiger partial charge >= 0.3 is 6.03 Å². The van der Waals surface area contributed by atoms with E-state index in [2.05, 4.69) is 16.0 Å². The average Bonchev–Trinajstić information content (AvgIpc) is 2.63. The fourth-order valence-electron chi connectivity index (χ4n) is 2.17. The predicted octanol–water partition coefficient (Wildman–Crippen LogP) is 4.24. The smallest absolute Gasteiger partial charge is 0.319 e. The number of hydrogen-bond donors (Lipinski definition) is 3. The number of thioether (sulfide) groups is 1. The maximum atomic E-state index is 12.5. The first kappa shape index (κ1) is 21.3. The third kappa shape index (κ3) is 6.31. The van der Waals surface area contributed by atoms with Crippen LogP contribution in [0.2, 0.25) is 0 Å². The molecule has 0 fully saturated rings. The Hall–Kier alpha value is -3.00. The van der Waals surface area contributed by atoms with E-state index >= 15 is 0 Å². The molecule has 0 atom stereocenters. The van der Waals surface area contributed by atoms with Gasteiger partial charge in [0.25, 0.3) is 11.1 Å². The molecule has 0 aliphatic heterocycles. The van der Waals surface area contributed by atoms with Crippen molar-refractivity contribution in [3.63, 3.8) is 0 Å². The number of anilines is 2. The van der Waals surface area contributed by atoms with Gasteiger partial charge < -0.3 is 20.9 Å². The van der Waals surface area contributed by atoms with Gasteiger partial charge in [-0.05, 0) is 62.0 Å². The van der Waals surface area contributed by atoms with Gasteiger partial charge in [0.2, 0.25) is 0 Å². The summed E-state index contributed by atoms with van der Waals surface area (Å²) in [4.78, 5) is 38.4. The van der Waals surface area contributed by atoms with E-state index in [1.54, 1.807) is 56.6 Å². The van der Waals surface area contributed by atoms with Crippen LogP contribution in [0.1, 0.15) is 24.2 Å². The monoisotopic (exact) mass is 400 g/mol. The van der Waals surface area contributed by atoms with E-state index in [0.29, 0.717) is 21.8 Å². The number of para-hydroxylation sites is 1. The summed E-state index contributed by atoms with van der Waals surface area (Å²) >= 11 is 1.05. The fourth-order valence-corrected chi connectivity index (χ4v) is 2.92. The molecule has 0 aromatic heterocycles. The van der Waals surface area contributed by atoms with E-state index in [4.69, 9.17) is 0 Å². The fraction of sp³-hybridized carbons (Fsp3) is 0.250. The van der Waals surface area contributed by atoms with Crippen molar-refractivity contribution in [3.05, 3.63) is 54.1 Å². The molecule has 0 unspecified atom stereocenters. The van der Waals surface area contributed by atoms with Gasteiger partial charge in [-0.25, -0.2) is 4.79 Å². The van der Waals surface area contributed by atoms with Gasteiger partial charge in [0, 0.05) is 36.3 Å². The summed E-state index contributed by atoms with van der Waals surface area (Å²) in [5.41, 5.74) is 1.59. The van der Waals surface area contributed by atoms with Crippen LogP contribution >= 0.6 is 11.8 Å². The van der Waals surface area contributed by atoms with Crippen molar-refractivity contribution in [2.75, 3.05) is 24.7 Å². The number of nitrogens with one attached hydrogen (secondary N) is 3. The van der Waals surface area contributed by atoms with Crippen molar-refractivity contribution in [2.45, 2.75) is 24.8 Å². The number of benzene rings is 2. The molecule has 4 amide bonds. The second-order valence-electron chi connectivity index (χ2n) is 6.54. The molecule has 0 saturated carbocycles. The zero-order chi connectivity index (χ0) is 20.7. The molecule has 2 rings (SSSR count). The zero-order valence-electron chi connectivity index (χ0n) is 16.3. The van der Waals surface area contributed by atoms with Gasteiger partial charge in [-0.1, -0.05) is 12.1 Å². The van der Waals surface area contributed by atoms with Crippen LogP contribution < -0.4 is 16.0 Å².